The van der Waals surface area contributed by atoms with Crippen LogP contribution in [0.15, 0.2) is 12.7 Å². The maximum atomic E-state index is 3.88. The molecule has 0 aromatic heterocycles. The molecule has 0 N–H and O–H groups in total. The lowest BCUT2D eigenvalue weighted by Crippen LogP contribution is -2.46. The van der Waals surface area contributed by atoms with E-state index < -0.39 is 0 Å². The average molecular weight is 193 g/mol. The summed E-state index contributed by atoms with van der Waals surface area (Å²) in [6.07, 6.45) is 10.4. The molecule has 0 bridgehead atoms. The molecule has 0 aromatic rings. The minimum atomic E-state index is 0.822. The van der Waals surface area contributed by atoms with E-state index in [1.54, 1.807) is 0 Å². The Hall–Kier alpha value is -0.300. The lowest BCUT2D eigenvalue weighted by molar-refractivity contribution is 0.0735. The summed E-state index contributed by atoms with van der Waals surface area (Å²) in [6.45, 7) is 7.58. The minimum absolute atomic E-state index is 0.822. The van der Waals surface area contributed by atoms with E-state index in [1.165, 1.54) is 45.1 Å². The van der Waals surface area contributed by atoms with Crippen molar-refractivity contribution in [3.63, 3.8) is 0 Å². The zero-order chi connectivity index (χ0) is 9.97. The Balaban J connectivity index is 2.03. The van der Waals surface area contributed by atoms with Crippen LogP contribution in [0.5, 0.6) is 0 Å². The van der Waals surface area contributed by atoms with Gasteiger partial charge in [-0.1, -0.05) is 19.4 Å². The van der Waals surface area contributed by atoms with Gasteiger partial charge in [0.2, 0.25) is 0 Å². The molecule has 0 aliphatic carbocycles. The van der Waals surface area contributed by atoms with Crippen LogP contribution >= 0.6 is 0 Å². The molecule has 0 saturated carbocycles. The van der Waals surface area contributed by atoms with Gasteiger partial charge < -0.3 is 0 Å². The van der Waals surface area contributed by atoms with Gasteiger partial charge in [0, 0.05) is 12.1 Å². The van der Waals surface area contributed by atoms with E-state index in [9.17, 15) is 0 Å². The van der Waals surface area contributed by atoms with Gasteiger partial charge in [-0.25, -0.2) is 0 Å². The highest BCUT2D eigenvalue weighted by Gasteiger charge is 2.38. The third-order valence-electron chi connectivity index (χ3n) is 4.19. The fourth-order valence-electron chi connectivity index (χ4n) is 3.46. The minimum Gasteiger partial charge on any atom is -0.297 e. The third-order valence-corrected chi connectivity index (χ3v) is 4.19. The Morgan fingerprint density at radius 1 is 1.36 bits per heavy atom. The second kappa shape index (κ2) is 4.48. The normalized spacial score (nSPS) is 38.2. The largest absolute Gasteiger partial charge is 0.297 e. The molecule has 2 aliphatic heterocycles. The Morgan fingerprint density at radius 2 is 2.21 bits per heavy atom. The topological polar surface area (TPSA) is 3.24 Å². The van der Waals surface area contributed by atoms with Gasteiger partial charge in [-0.3, -0.25) is 4.90 Å². The van der Waals surface area contributed by atoms with Crippen LogP contribution in [0.3, 0.4) is 0 Å². The first-order valence-corrected chi connectivity index (χ1v) is 6.23. The maximum Gasteiger partial charge on any atom is 0.0133 e. The Labute approximate surface area is 88.2 Å². The SMILES string of the molecule is C=CC[C@@H]1CC[C@@H](CC)[C@@H]2CCCN12. The van der Waals surface area contributed by atoms with Crippen molar-refractivity contribution in [1.82, 2.24) is 4.90 Å². The predicted molar refractivity (Wildman–Crippen MR) is 61.3 cm³/mol. The van der Waals surface area contributed by atoms with Gasteiger partial charge in [0.05, 0.1) is 0 Å². The molecule has 2 fully saturated rings. The molecule has 80 valence electrons. The van der Waals surface area contributed by atoms with Crippen molar-refractivity contribution in [2.75, 3.05) is 6.54 Å². The predicted octanol–water partition coefficient (Wildman–Crippen LogP) is 3.22. The summed E-state index contributed by atoms with van der Waals surface area (Å²) in [5, 5.41) is 0. The van der Waals surface area contributed by atoms with E-state index in [0.717, 1.165) is 18.0 Å². The molecule has 2 heterocycles. The molecule has 0 radical (unpaired) electrons. The average Bonchev–Trinajstić information content (AvgIpc) is 2.67. The molecule has 2 aliphatic rings. The number of nitrogens with zero attached hydrogens (tertiary/aromatic N) is 1. The summed E-state index contributed by atoms with van der Waals surface area (Å²) >= 11 is 0. The van der Waals surface area contributed by atoms with Crippen LogP contribution in [0.1, 0.15) is 45.4 Å². The molecule has 1 nitrogen and oxygen atoms in total. The van der Waals surface area contributed by atoms with Gasteiger partial charge in [0.1, 0.15) is 0 Å². The fraction of sp³-hybridized carbons (Fsp3) is 0.846. The Morgan fingerprint density at radius 3 is 2.93 bits per heavy atom. The third kappa shape index (κ3) is 1.75. The second-order valence-corrected chi connectivity index (χ2v) is 4.87. The van der Waals surface area contributed by atoms with E-state index in [4.69, 9.17) is 0 Å². The van der Waals surface area contributed by atoms with E-state index in [1.807, 2.05) is 0 Å². The van der Waals surface area contributed by atoms with Gasteiger partial charge in [-0.2, -0.15) is 0 Å². The van der Waals surface area contributed by atoms with Gasteiger partial charge in [0.25, 0.3) is 0 Å². The van der Waals surface area contributed by atoms with Crippen molar-refractivity contribution < 1.29 is 0 Å². The number of hydrogen-bond acceptors (Lipinski definition) is 1. The monoisotopic (exact) mass is 193 g/mol. The lowest BCUT2D eigenvalue weighted by atomic mass is 9.83. The molecule has 0 unspecified atom stereocenters. The maximum absolute atomic E-state index is 3.88. The molecule has 2 rings (SSSR count). The van der Waals surface area contributed by atoms with Crippen molar-refractivity contribution in [3.05, 3.63) is 12.7 Å². The Kier molecular flexibility index (Phi) is 3.27. The van der Waals surface area contributed by atoms with E-state index in [0.29, 0.717) is 0 Å². The van der Waals surface area contributed by atoms with Crippen LogP contribution in [0.4, 0.5) is 0 Å². The first-order chi connectivity index (χ1) is 6.86. The summed E-state index contributed by atoms with van der Waals surface area (Å²) in [5.74, 6) is 0.985. The van der Waals surface area contributed by atoms with E-state index >= 15 is 0 Å². The summed E-state index contributed by atoms with van der Waals surface area (Å²) in [4.78, 5) is 2.78. The fourth-order valence-corrected chi connectivity index (χ4v) is 3.46. The van der Waals surface area contributed by atoms with Crippen molar-refractivity contribution in [1.29, 1.82) is 0 Å². The molecule has 1 heteroatoms. The summed E-state index contributed by atoms with van der Waals surface area (Å²) < 4.78 is 0. The van der Waals surface area contributed by atoms with Crippen LogP contribution in [-0.4, -0.2) is 23.5 Å². The van der Waals surface area contributed by atoms with Crippen LogP contribution in [0.2, 0.25) is 0 Å². The molecule has 0 spiro atoms. The second-order valence-electron chi connectivity index (χ2n) is 4.87. The molecule has 3 atom stereocenters. The molecule has 0 aromatic carbocycles. The van der Waals surface area contributed by atoms with Crippen LogP contribution < -0.4 is 0 Å². The van der Waals surface area contributed by atoms with Gasteiger partial charge in [-0.15, -0.1) is 6.58 Å². The Bertz CT molecular complexity index is 199. The quantitative estimate of drug-likeness (QED) is 0.622. The van der Waals surface area contributed by atoms with Gasteiger partial charge in [0.15, 0.2) is 0 Å². The first-order valence-electron chi connectivity index (χ1n) is 6.23. The van der Waals surface area contributed by atoms with Crippen molar-refractivity contribution in [2.45, 2.75) is 57.5 Å². The number of rotatable bonds is 3. The van der Waals surface area contributed by atoms with Crippen LogP contribution in [-0.2, 0) is 0 Å². The summed E-state index contributed by atoms with van der Waals surface area (Å²) in [6, 6.07) is 1.74. The zero-order valence-electron chi connectivity index (χ0n) is 9.41. The molecule has 0 amide bonds. The van der Waals surface area contributed by atoms with Crippen LogP contribution in [0.25, 0.3) is 0 Å². The summed E-state index contributed by atoms with van der Waals surface area (Å²) in [5.41, 5.74) is 0. The smallest absolute Gasteiger partial charge is 0.0133 e. The highest BCUT2D eigenvalue weighted by Crippen LogP contribution is 2.37. The van der Waals surface area contributed by atoms with Gasteiger partial charge in [-0.05, 0) is 44.6 Å². The van der Waals surface area contributed by atoms with Crippen molar-refractivity contribution >= 4 is 0 Å². The van der Waals surface area contributed by atoms with Crippen molar-refractivity contribution in [2.24, 2.45) is 5.92 Å². The molecule has 14 heavy (non-hydrogen) atoms. The molecule has 2 saturated heterocycles. The van der Waals surface area contributed by atoms with E-state index in [2.05, 4.69) is 24.5 Å². The lowest BCUT2D eigenvalue weighted by Gasteiger charge is -2.42. The standard InChI is InChI=1S/C13H23N/c1-3-6-12-9-8-11(4-2)13-7-5-10-14(12)13/h3,11-13H,1,4-10H2,2H3/t11-,12-,13+/m1/s1. The van der Waals surface area contributed by atoms with Gasteiger partial charge >= 0.3 is 0 Å². The number of hydrogen-bond donors (Lipinski definition) is 0. The highest BCUT2D eigenvalue weighted by atomic mass is 15.2. The van der Waals surface area contributed by atoms with E-state index in [-0.39, 0.29) is 0 Å². The highest BCUT2D eigenvalue weighted by molar-refractivity contribution is 4.95. The van der Waals surface area contributed by atoms with Crippen molar-refractivity contribution in [3.8, 4) is 0 Å². The number of fused-ring (bicyclic) bond motifs is 1. The van der Waals surface area contributed by atoms with Crippen LogP contribution in [0, 0.1) is 5.92 Å². The summed E-state index contributed by atoms with van der Waals surface area (Å²) in [7, 11) is 0. The number of piperidine rings is 1. The molecular weight excluding hydrogens is 170 g/mol. The zero-order valence-corrected chi connectivity index (χ0v) is 9.41. The molecular formula is C13H23N. The first kappa shape index (κ1) is 10.2.